The summed E-state index contributed by atoms with van der Waals surface area (Å²) >= 11 is 7.22. The molecule has 0 radical (unpaired) electrons. The van der Waals surface area contributed by atoms with E-state index in [1.807, 2.05) is 12.1 Å². The molecule has 30 heavy (non-hydrogen) atoms. The number of nitrogens with one attached hydrogen (secondary N) is 1. The summed E-state index contributed by atoms with van der Waals surface area (Å²) in [6.07, 6.45) is -0.330. The molecule has 0 saturated heterocycles. The summed E-state index contributed by atoms with van der Waals surface area (Å²) < 4.78 is 10.7. The van der Waals surface area contributed by atoms with Crippen molar-refractivity contribution in [3.05, 3.63) is 64.1 Å². The summed E-state index contributed by atoms with van der Waals surface area (Å²) in [4.78, 5) is 28.6. The van der Waals surface area contributed by atoms with E-state index in [2.05, 4.69) is 10.3 Å². The molecular weight excluding hydrogens is 428 g/mol. The number of ether oxygens (including phenoxy) is 2. The number of rotatable bonds is 8. The fourth-order valence-corrected chi connectivity index (χ4v) is 3.87. The Balaban J connectivity index is 1.87. The molecule has 0 bridgehead atoms. The SMILES string of the molecule is COc1cccc(C(CC(=O)O)NC(=O)c2csc(-c3ccc(Cl)cc3)n2)c1OC. The second kappa shape index (κ2) is 9.60. The molecule has 0 saturated carbocycles. The Morgan fingerprint density at radius 2 is 1.90 bits per heavy atom. The number of carbonyl (C=O) groups excluding carboxylic acids is 1. The van der Waals surface area contributed by atoms with Gasteiger partial charge in [-0.05, 0) is 18.2 Å². The Bertz CT molecular complexity index is 1050. The first-order valence-corrected chi connectivity index (χ1v) is 10.1. The molecule has 0 aliphatic carbocycles. The van der Waals surface area contributed by atoms with Crippen molar-refractivity contribution in [1.29, 1.82) is 0 Å². The van der Waals surface area contributed by atoms with Crippen molar-refractivity contribution in [3.63, 3.8) is 0 Å². The van der Waals surface area contributed by atoms with Gasteiger partial charge in [0.1, 0.15) is 10.7 Å². The highest BCUT2D eigenvalue weighted by atomic mass is 35.5. The quantitative estimate of drug-likeness (QED) is 0.531. The fraction of sp³-hybridized carbons (Fsp3) is 0.190. The van der Waals surface area contributed by atoms with Gasteiger partial charge in [-0.1, -0.05) is 35.9 Å². The molecule has 0 fully saturated rings. The van der Waals surface area contributed by atoms with E-state index in [0.717, 1.165) is 5.56 Å². The van der Waals surface area contributed by atoms with Crippen molar-refractivity contribution in [3.8, 4) is 22.1 Å². The van der Waals surface area contributed by atoms with E-state index in [1.165, 1.54) is 25.6 Å². The molecule has 9 heteroatoms. The summed E-state index contributed by atoms with van der Waals surface area (Å²) in [6.45, 7) is 0. The molecule has 1 atom stereocenters. The van der Waals surface area contributed by atoms with Crippen LogP contribution < -0.4 is 14.8 Å². The van der Waals surface area contributed by atoms with Gasteiger partial charge in [-0.15, -0.1) is 11.3 Å². The largest absolute Gasteiger partial charge is 0.493 e. The molecule has 1 unspecified atom stereocenters. The van der Waals surface area contributed by atoms with Crippen LogP contribution in [0, 0.1) is 0 Å². The molecule has 156 valence electrons. The topological polar surface area (TPSA) is 97.8 Å². The Hall–Kier alpha value is -3.10. The smallest absolute Gasteiger partial charge is 0.305 e. The highest BCUT2D eigenvalue weighted by Gasteiger charge is 2.25. The van der Waals surface area contributed by atoms with Crippen molar-refractivity contribution in [2.45, 2.75) is 12.5 Å². The number of hydrogen-bond donors (Lipinski definition) is 2. The normalized spacial score (nSPS) is 11.6. The number of amides is 1. The number of carbonyl (C=O) groups is 2. The number of benzene rings is 2. The minimum absolute atomic E-state index is 0.196. The summed E-state index contributed by atoms with van der Waals surface area (Å²) in [5, 5.41) is 15.0. The van der Waals surface area contributed by atoms with Gasteiger partial charge in [-0.3, -0.25) is 9.59 Å². The van der Waals surface area contributed by atoms with E-state index in [1.54, 1.807) is 35.7 Å². The highest BCUT2D eigenvalue weighted by molar-refractivity contribution is 7.13. The van der Waals surface area contributed by atoms with E-state index in [-0.39, 0.29) is 12.1 Å². The van der Waals surface area contributed by atoms with Crippen molar-refractivity contribution >= 4 is 34.8 Å². The number of aromatic nitrogens is 1. The maximum atomic E-state index is 12.8. The lowest BCUT2D eigenvalue weighted by atomic mass is 10.0. The van der Waals surface area contributed by atoms with Crippen LogP contribution in [0.25, 0.3) is 10.6 Å². The molecule has 0 aliphatic heterocycles. The Kier molecular flexibility index (Phi) is 6.91. The molecule has 1 aromatic heterocycles. The number of hydrogen-bond acceptors (Lipinski definition) is 6. The standard InChI is InChI=1S/C21H19ClN2O5S/c1-28-17-5-3-4-14(19(17)29-2)15(10-18(25)26)23-20(27)16-11-30-21(24-16)12-6-8-13(22)9-7-12/h3-9,11,15H,10H2,1-2H3,(H,23,27)(H,25,26). The van der Waals surface area contributed by atoms with Crippen molar-refractivity contribution in [1.82, 2.24) is 10.3 Å². The first kappa shape index (κ1) is 21.6. The lowest BCUT2D eigenvalue weighted by molar-refractivity contribution is -0.137. The summed E-state index contributed by atoms with van der Waals surface area (Å²) in [5.41, 5.74) is 1.53. The third-order valence-electron chi connectivity index (χ3n) is 4.32. The average molecular weight is 447 g/mol. The lowest BCUT2D eigenvalue weighted by Crippen LogP contribution is -2.30. The highest BCUT2D eigenvalue weighted by Crippen LogP contribution is 2.36. The van der Waals surface area contributed by atoms with Gasteiger partial charge in [-0.2, -0.15) is 0 Å². The van der Waals surface area contributed by atoms with E-state index in [0.29, 0.717) is 27.1 Å². The lowest BCUT2D eigenvalue weighted by Gasteiger charge is -2.21. The van der Waals surface area contributed by atoms with Gasteiger partial charge in [-0.25, -0.2) is 4.98 Å². The Labute approximate surface area is 182 Å². The molecule has 2 N–H and O–H groups in total. The number of para-hydroxylation sites is 1. The molecule has 3 rings (SSSR count). The van der Waals surface area contributed by atoms with Gasteiger partial charge in [0, 0.05) is 21.5 Å². The summed E-state index contributed by atoms with van der Waals surface area (Å²) in [5.74, 6) is -0.738. The molecule has 3 aromatic rings. The van der Waals surface area contributed by atoms with Crippen LogP contribution in [0.5, 0.6) is 11.5 Å². The summed E-state index contributed by atoms with van der Waals surface area (Å²) in [7, 11) is 2.94. The van der Waals surface area contributed by atoms with Gasteiger partial charge in [0.25, 0.3) is 5.91 Å². The van der Waals surface area contributed by atoms with E-state index >= 15 is 0 Å². The predicted molar refractivity (Wildman–Crippen MR) is 115 cm³/mol. The summed E-state index contributed by atoms with van der Waals surface area (Å²) in [6, 6.07) is 11.4. The fourth-order valence-electron chi connectivity index (χ4n) is 2.94. The number of halogens is 1. The van der Waals surface area contributed by atoms with E-state index < -0.39 is 17.9 Å². The molecule has 2 aromatic carbocycles. The predicted octanol–water partition coefficient (Wildman–Crippen LogP) is 4.43. The number of methoxy groups -OCH3 is 2. The van der Waals surface area contributed by atoms with Crippen LogP contribution in [0.2, 0.25) is 5.02 Å². The van der Waals surface area contributed by atoms with Gasteiger partial charge in [0.05, 0.1) is 26.7 Å². The number of carboxylic acids is 1. The first-order chi connectivity index (χ1) is 14.4. The molecule has 7 nitrogen and oxygen atoms in total. The van der Waals surface area contributed by atoms with Crippen LogP contribution >= 0.6 is 22.9 Å². The molecular formula is C21H19ClN2O5S. The van der Waals surface area contributed by atoms with Gasteiger partial charge in [0.15, 0.2) is 11.5 Å². The van der Waals surface area contributed by atoms with Crippen molar-refractivity contribution in [2.24, 2.45) is 0 Å². The maximum Gasteiger partial charge on any atom is 0.305 e. The number of nitrogens with zero attached hydrogens (tertiary/aromatic N) is 1. The van der Waals surface area contributed by atoms with Crippen LogP contribution in [-0.2, 0) is 4.79 Å². The van der Waals surface area contributed by atoms with Gasteiger partial charge in [0.2, 0.25) is 0 Å². The second-order valence-electron chi connectivity index (χ2n) is 6.25. The Morgan fingerprint density at radius 1 is 1.17 bits per heavy atom. The van der Waals surface area contributed by atoms with Crippen LogP contribution in [0.3, 0.4) is 0 Å². The Morgan fingerprint density at radius 3 is 2.53 bits per heavy atom. The average Bonchev–Trinajstić information content (AvgIpc) is 3.23. The van der Waals surface area contributed by atoms with Crippen molar-refractivity contribution in [2.75, 3.05) is 14.2 Å². The zero-order valence-electron chi connectivity index (χ0n) is 16.2. The minimum Gasteiger partial charge on any atom is -0.493 e. The van der Waals surface area contributed by atoms with Gasteiger partial charge >= 0.3 is 5.97 Å². The third kappa shape index (κ3) is 4.90. The molecule has 0 spiro atoms. The minimum atomic E-state index is -1.06. The van der Waals surface area contributed by atoms with E-state index in [4.69, 9.17) is 21.1 Å². The maximum absolute atomic E-state index is 12.8. The second-order valence-corrected chi connectivity index (χ2v) is 7.55. The number of thiazole rings is 1. The van der Waals surface area contributed by atoms with Crippen LogP contribution in [0.1, 0.15) is 28.5 Å². The number of carboxylic acid groups (broad SMARTS) is 1. The van der Waals surface area contributed by atoms with Crippen LogP contribution in [0.4, 0.5) is 0 Å². The molecule has 1 amide bonds. The third-order valence-corrected chi connectivity index (χ3v) is 5.46. The molecule has 1 heterocycles. The zero-order valence-corrected chi connectivity index (χ0v) is 17.8. The van der Waals surface area contributed by atoms with Gasteiger partial charge < -0.3 is 19.9 Å². The molecule has 0 aliphatic rings. The van der Waals surface area contributed by atoms with Crippen molar-refractivity contribution < 1.29 is 24.2 Å². The number of aliphatic carboxylic acids is 1. The monoisotopic (exact) mass is 446 g/mol. The first-order valence-electron chi connectivity index (χ1n) is 8.88. The van der Waals surface area contributed by atoms with E-state index in [9.17, 15) is 14.7 Å². The zero-order chi connectivity index (χ0) is 21.7. The van der Waals surface area contributed by atoms with Crippen LogP contribution in [-0.4, -0.2) is 36.2 Å². The van der Waals surface area contributed by atoms with Crippen LogP contribution in [0.15, 0.2) is 47.8 Å².